The maximum atomic E-state index is 13.2. The van der Waals surface area contributed by atoms with Crippen LogP contribution in [0.5, 0.6) is 0 Å². The summed E-state index contributed by atoms with van der Waals surface area (Å²) in [6, 6.07) is 13.2. The van der Waals surface area contributed by atoms with Crippen LogP contribution >= 0.6 is 177 Å². The predicted molar refractivity (Wildman–Crippen MR) is 500 cm³/mol. The van der Waals surface area contributed by atoms with Gasteiger partial charge in [-0.15, -0.1) is 0 Å². The van der Waals surface area contributed by atoms with Gasteiger partial charge in [0.25, 0.3) is 40.0 Å². The molecule has 0 radical (unpaired) electrons. The smallest absolute Gasteiger partial charge is 0.406 e. The van der Waals surface area contributed by atoms with E-state index in [1.165, 1.54) is 76.8 Å². The third-order valence-corrected chi connectivity index (χ3v) is 23.7. The maximum absolute atomic E-state index is 13.2. The molecule has 12 N–H and O–H groups in total. The lowest BCUT2D eigenvalue weighted by atomic mass is 10.1. The fourth-order valence-corrected chi connectivity index (χ4v) is 17.2. The van der Waals surface area contributed by atoms with Gasteiger partial charge in [0.1, 0.15) is 86.5 Å². The number of carbonyl (C=O) groups is 10. The van der Waals surface area contributed by atoms with Gasteiger partial charge < -0.3 is 72.5 Å². The minimum absolute atomic E-state index is 0.0260. The first-order valence-corrected chi connectivity index (χ1v) is 45.9. The van der Waals surface area contributed by atoms with Crippen molar-refractivity contribution in [2.24, 2.45) is 17.6 Å². The van der Waals surface area contributed by atoms with Gasteiger partial charge in [-0.1, -0.05) is 81.2 Å². The number of nitrogens with one attached hydrogen (secondary N) is 7. The summed E-state index contributed by atoms with van der Waals surface area (Å²) in [6.07, 6.45) is 21.3. The van der Waals surface area contributed by atoms with Crippen molar-refractivity contribution in [1.82, 2.24) is 59.6 Å². The number of amides is 5. The Morgan fingerprint density at radius 3 is 1.39 bits per heavy atom. The summed E-state index contributed by atoms with van der Waals surface area (Å²) in [5, 5.41) is 35.3. The van der Waals surface area contributed by atoms with Crippen LogP contribution in [-0.4, -0.2) is 133 Å². The standard InChI is InChI=1S/C19H19ClN6O3.C11H10BrClN2O2.2C8H7BrClNO3.C8H7BrClNO2.C8H10N4O.C6H4BrClN2O2.C6H3BrClNO2.C5H8O/c20-11-7-12(18(29)26-15(11)17(28)25-19(26)5-1-2-6-19)23-13-8-14(22-9-21-13)24-16(27)10-3-4-10;12-6-5-7(13)8-9(16)14-11(3-1-2-4-11)15(8)10(6)17;1-2-14-8(12)7-6(10)3-5(9)4-11(7)13;1-2-14-8(13)6-5(10)3-4(9)7(12)11-6;1-2-13-8(12)7-6(10)3-5(9)4-11-7;9-6-3-7(11-4-10-6)12-8(13)5-1-2-5;7-2-1-3(8)4(5(9)11)10-6(2)12;7-3-1-4(8)5(6(10)11)9-2-3;6-5-3-1-2-4-5/h7-10H,1-6H2,(H,25,28)(H2,21,22,23,24,27);5H,1-4H2,(H,14,16);3-4H,2H2,1H3;3H,2H2,1H3,(H,11,12);3-4H,2H2,1H3;3-5H,1-2H2,(H3,9,10,11,12,13);1H,(H2,9,11)(H,10,12);1-2H,(H,10,11);1-4H2. The molecule has 9 aromatic heterocycles. The van der Waals surface area contributed by atoms with E-state index in [9.17, 15) is 72.3 Å². The maximum Gasteiger partial charge on any atom is 0.406 e. The molecule has 16 rings (SSSR count). The number of carboxylic acids is 1. The number of anilines is 5. The predicted octanol–water partition coefficient (Wildman–Crippen LogP) is 15.8. The van der Waals surface area contributed by atoms with Gasteiger partial charge in [-0.25, -0.2) is 49.1 Å². The number of aromatic amines is 2. The van der Waals surface area contributed by atoms with Crippen LogP contribution in [0.4, 0.5) is 29.0 Å². The Kier molecular flexibility index (Phi) is 39.6. The van der Waals surface area contributed by atoms with Gasteiger partial charge in [0, 0.05) is 58.1 Å². The SMILES string of the molecule is CCOC(=O)c1[nH]c(=O)c(Br)cc1Cl.CCOC(=O)c1c(Cl)cc(Br)c[n+]1[O-].CCOC(=O)c1ncc(Br)cc1Cl.NC(=O)c1[nH]c(=O)c(Br)cc1Cl.Nc1cc(NC(=O)C2CC2)ncn1.O=C(O)c1ncc(Br)cc1Cl.O=C1CCCC1.O=C1NC2(CCCC2)n2c1c(Cl)cc(Br)c2=O.O=C1NC2(CCCC2)n2c1c(Cl)cc(Nc1cc(NC(=O)C3CC3)ncn1)c2=O. The number of Topliss-reactive ketones (excluding diaryl/α,β-unsaturated/α-hetero) is 1. The molecule has 9 aromatic rings. The number of H-pyrrole nitrogens is 2. The van der Waals surface area contributed by atoms with E-state index >= 15 is 0 Å². The number of nitrogens with zero attached hydrogens (tertiary/aromatic N) is 9. The molecular weight excluding hydrogens is 2230 g/mol. The van der Waals surface area contributed by atoms with E-state index < -0.39 is 52.2 Å². The Morgan fingerprint density at radius 1 is 0.512 bits per heavy atom. The van der Waals surface area contributed by atoms with Crippen LogP contribution in [-0.2, 0) is 39.9 Å². The molecule has 11 heterocycles. The monoisotopic (exact) mass is 2300 g/mol. The molecule has 2 aliphatic heterocycles. The molecule has 5 aliphatic carbocycles. The summed E-state index contributed by atoms with van der Waals surface area (Å²) < 4.78 is 20.3. The zero-order chi connectivity index (χ0) is 95.1. The number of carboxylic acid groups (broad SMARTS) is 1. The molecule has 5 amide bonds. The molecule has 7 aliphatic rings. The van der Waals surface area contributed by atoms with Crippen molar-refractivity contribution in [3.8, 4) is 0 Å². The number of hydrogen-bond acceptors (Lipinski definition) is 26. The van der Waals surface area contributed by atoms with Crippen LogP contribution in [0.25, 0.3) is 0 Å². The number of primary amides is 1. The third-order valence-electron chi connectivity index (χ3n) is 18.6. The molecule has 686 valence electrons. The zero-order valence-corrected chi connectivity index (χ0v) is 82.4. The lowest BCUT2D eigenvalue weighted by molar-refractivity contribution is -0.609. The summed E-state index contributed by atoms with van der Waals surface area (Å²) in [5.74, 6) is -2.14. The van der Waals surface area contributed by atoms with Crippen molar-refractivity contribution in [1.29, 1.82) is 0 Å². The Bertz CT molecular complexity index is 6010. The fourth-order valence-electron chi connectivity index (χ4n) is 12.5. The van der Waals surface area contributed by atoms with Gasteiger partial charge in [0.2, 0.25) is 11.8 Å². The second-order valence-electron chi connectivity index (χ2n) is 27.9. The highest BCUT2D eigenvalue weighted by molar-refractivity contribution is 9.11. The first-order valence-electron chi connectivity index (χ1n) is 38.5. The van der Waals surface area contributed by atoms with Crippen molar-refractivity contribution >= 4 is 265 Å². The summed E-state index contributed by atoms with van der Waals surface area (Å²) in [7, 11) is 0. The van der Waals surface area contributed by atoms with E-state index in [0.29, 0.717) is 77.4 Å². The molecule has 0 unspecified atom stereocenters. The van der Waals surface area contributed by atoms with E-state index in [4.69, 9.17) is 107 Å². The largest absolute Gasteiger partial charge is 0.618 e. The minimum atomic E-state index is -1.12. The van der Waals surface area contributed by atoms with Gasteiger partial charge in [0.05, 0.1) is 67.8 Å². The third kappa shape index (κ3) is 29.3. The topological polar surface area (TPSA) is 545 Å². The Hall–Kier alpha value is -9.38. The lowest BCUT2D eigenvalue weighted by Crippen LogP contribution is -2.45. The first kappa shape index (κ1) is 105. The highest BCUT2D eigenvalue weighted by atomic mass is 79.9. The normalized spacial score (nSPS) is 14.5. The average molecular weight is 2310 g/mol. The van der Waals surface area contributed by atoms with Crippen molar-refractivity contribution in [3.05, 3.63) is 234 Å². The Morgan fingerprint density at radius 2 is 0.938 bits per heavy atom. The zero-order valence-electron chi connectivity index (χ0n) is 67.6. The molecule has 0 atom stereocenters. The number of aromatic carboxylic acids is 1. The molecule has 37 nitrogen and oxygen atoms in total. The van der Waals surface area contributed by atoms with Crippen molar-refractivity contribution in [2.75, 3.05) is 41.5 Å². The molecule has 0 aromatic carbocycles. The second kappa shape index (κ2) is 48.7. The van der Waals surface area contributed by atoms with Crippen LogP contribution < -0.4 is 65.0 Å². The van der Waals surface area contributed by atoms with Crippen LogP contribution in [0, 0.1) is 17.0 Å². The molecule has 0 saturated heterocycles. The van der Waals surface area contributed by atoms with E-state index in [1.807, 2.05) is 0 Å². The number of nitrogen functional groups attached to an aromatic ring is 1. The van der Waals surface area contributed by atoms with Gasteiger partial charge >= 0.3 is 29.6 Å². The van der Waals surface area contributed by atoms with Crippen LogP contribution in [0.15, 0.2) is 132 Å². The quantitative estimate of drug-likeness (QED) is 0.0209. The van der Waals surface area contributed by atoms with Crippen LogP contribution in [0.1, 0.15) is 197 Å². The average Bonchev–Trinajstić information content (AvgIpc) is 1.58. The number of rotatable bonds is 14. The summed E-state index contributed by atoms with van der Waals surface area (Å²) in [5.41, 5.74) is 8.12. The van der Waals surface area contributed by atoms with E-state index in [0.717, 1.165) is 94.4 Å². The van der Waals surface area contributed by atoms with Crippen LogP contribution in [0.3, 0.4) is 0 Å². The number of ketones is 1. The van der Waals surface area contributed by atoms with E-state index in [-0.39, 0.29) is 139 Å². The Labute approximate surface area is 817 Å². The number of pyridine rings is 7. The molecular formula is C79H75Br6Cl7N18O19. The molecule has 5 fully saturated rings. The number of fused-ring (bicyclic) bond motifs is 4. The van der Waals surface area contributed by atoms with Crippen molar-refractivity contribution in [2.45, 2.75) is 135 Å². The minimum Gasteiger partial charge on any atom is -0.618 e. The second-order valence-corrected chi connectivity index (χ2v) is 36.1. The number of aromatic nitrogens is 11. The molecule has 0 bridgehead atoms. The number of halogens is 13. The highest BCUT2D eigenvalue weighted by Gasteiger charge is 2.48. The van der Waals surface area contributed by atoms with Gasteiger partial charge in [-0.3, -0.25) is 57.1 Å². The fraction of sp³-hybridized carbons (Fsp3) is 0.329. The van der Waals surface area contributed by atoms with Crippen LogP contribution in [0.2, 0.25) is 35.2 Å². The molecule has 50 heteroatoms. The van der Waals surface area contributed by atoms with Crippen molar-refractivity contribution in [3.63, 3.8) is 0 Å². The van der Waals surface area contributed by atoms with Gasteiger partial charge in [-0.05, 0) is 249 Å². The van der Waals surface area contributed by atoms with Gasteiger partial charge in [0.15, 0.2) is 17.6 Å². The number of ether oxygens (including phenoxy) is 3. The molecule has 129 heavy (non-hydrogen) atoms. The number of carbonyl (C=O) groups excluding carboxylic acids is 9. The molecule has 5 saturated carbocycles. The summed E-state index contributed by atoms with van der Waals surface area (Å²) in [6.45, 7) is 5.79. The summed E-state index contributed by atoms with van der Waals surface area (Å²) in [4.78, 5) is 188. The molecule has 2 spiro atoms. The Balaban J connectivity index is 0.000000184. The lowest BCUT2D eigenvalue weighted by Gasteiger charge is -2.26. The van der Waals surface area contributed by atoms with Gasteiger partial charge in [-0.2, -0.15) is 4.73 Å². The summed E-state index contributed by atoms with van der Waals surface area (Å²) >= 11 is 59.3. The van der Waals surface area contributed by atoms with E-state index in [1.54, 1.807) is 39.0 Å². The first-order chi connectivity index (χ1) is 61.1. The number of hydrogen-bond donors (Lipinski definition) is 10. The number of nitrogens with two attached hydrogens (primary N) is 2. The van der Waals surface area contributed by atoms with E-state index in [2.05, 4.69) is 167 Å². The number of esters is 3. The van der Waals surface area contributed by atoms with Crippen molar-refractivity contribution < 1.29 is 72.0 Å². The highest BCUT2D eigenvalue weighted by Crippen LogP contribution is 2.42.